The molecule has 0 saturated heterocycles. The Morgan fingerprint density at radius 1 is 1.22 bits per heavy atom. The Morgan fingerprint density at radius 3 is 2.61 bits per heavy atom. The molecule has 3 nitrogen and oxygen atoms in total. The quantitative estimate of drug-likeness (QED) is 0.501. The molecule has 0 amide bonds. The molecule has 0 saturated carbocycles. The number of rotatable bonds is 3. The lowest BCUT2D eigenvalue weighted by Crippen LogP contribution is -2.11. The summed E-state index contributed by atoms with van der Waals surface area (Å²) in [6.07, 6.45) is 1.52. The number of benzene rings is 2. The maximum absolute atomic E-state index is 8.82. The van der Waals surface area contributed by atoms with Crippen molar-refractivity contribution in [1.82, 2.24) is 0 Å². The lowest BCUT2D eigenvalue weighted by Gasteiger charge is -2.04. The average molecular weight is 253 g/mol. The molecular formula is C14H11N3S. The molecule has 0 heterocycles. The van der Waals surface area contributed by atoms with Gasteiger partial charge in [-0.05, 0) is 22.9 Å². The predicted molar refractivity (Wildman–Crippen MR) is 78.1 cm³/mol. The molecule has 0 atom stereocenters. The molecule has 0 aromatic heterocycles. The summed E-state index contributed by atoms with van der Waals surface area (Å²) in [5, 5.41) is 14.1. The molecule has 2 aromatic carbocycles. The van der Waals surface area contributed by atoms with E-state index in [-0.39, 0.29) is 10.6 Å². The number of nitriles is 1. The Labute approximate surface area is 111 Å². The molecule has 2 rings (SSSR count). The summed E-state index contributed by atoms with van der Waals surface area (Å²) in [6.45, 7) is 0. The minimum absolute atomic E-state index is 0.0887. The van der Waals surface area contributed by atoms with Crippen LogP contribution in [0.4, 0.5) is 5.69 Å². The molecule has 3 N–H and O–H groups in total. The van der Waals surface area contributed by atoms with Crippen molar-refractivity contribution in [2.45, 2.75) is 0 Å². The van der Waals surface area contributed by atoms with Crippen molar-refractivity contribution in [3.8, 4) is 6.07 Å². The van der Waals surface area contributed by atoms with E-state index in [9.17, 15) is 0 Å². The topological polar surface area (TPSA) is 61.8 Å². The van der Waals surface area contributed by atoms with E-state index in [0.29, 0.717) is 0 Å². The van der Waals surface area contributed by atoms with Gasteiger partial charge in [0.15, 0.2) is 0 Å². The molecule has 0 aliphatic carbocycles. The summed E-state index contributed by atoms with van der Waals surface area (Å²) < 4.78 is 0. The summed E-state index contributed by atoms with van der Waals surface area (Å²) in [6, 6.07) is 15.9. The number of nitrogens with one attached hydrogen (secondary N) is 1. The van der Waals surface area contributed by atoms with E-state index in [0.717, 1.165) is 11.1 Å². The first-order valence-electron chi connectivity index (χ1n) is 5.36. The van der Waals surface area contributed by atoms with Crippen molar-refractivity contribution >= 4 is 33.7 Å². The van der Waals surface area contributed by atoms with Crippen LogP contribution in [0.1, 0.15) is 0 Å². The molecule has 0 fully saturated rings. The highest BCUT2D eigenvalue weighted by molar-refractivity contribution is 7.80. The van der Waals surface area contributed by atoms with Gasteiger partial charge in [0.2, 0.25) is 0 Å². The van der Waals surface area contributed by atoms with Crippen LogP contribution < -0.4 is 11.1 Å². The van der Waals surface area contributed by atoms with Gasteiger partial charge in [0, 0.05) is 11.9 Å². The SMILES string of the molecule is N#CC(=CNc1ccc2ccccc2c1)C(N)=S. The van der Waals surface area contributed by atoms with Crippen LogP contribution in [0, 0.1) is 11.3 Å². The Bertz CT molecular complexity index is 668. The zero-order valence-electron chi connectivity index (χ0n) is 9.55. The Balaban J connectivity index is 2.28. The predicted octanol–water partition coefficient (Wildman–Crippen LogP) is 2.95. The lowest BCUT2D eigenvalue weighted by molar-refractivity contribution is 1.49. The Kier molecular flexibility index (Phi) is 3.56. The summed E-state index contributed by atoms with van der Waals surface area (Å²) in [4.78, 5) is 0.0887. The van der Waals surface area contributed by atoms with E-state index in [1.165, 1.54) is 11.6 Å². The van der Waals surface area contributed by atoms with Gasteiger partial charge in [0.1, 0.15) is 16.6 Å². The van der Waals surface area contributed by atoms with Crippen molar-refractivity contribution in [2.75, 3.05) is 5.32 Å². The van der Waals surface area contributed by atoms with Crippen molar-refractivity contribution in [3.05, 3.63) is 54.2 Å². The first kappa shape index (κ1) is 12.1. The first-order valence-corrected chi connectivity index (χ1v) is 5.77. The summed E-state index contributed by atoms with van der Waals surface area (Å²) >= 11 is 4.76. The highest BCUT2D eigenvalue weighted by Gasteiger charge is 1.99. The largest absolute Gasteiger partial charge is 0.389 e. The molecule has 4 heteroatoms. The molecule has 0 bridgehead atoms. The summed E-state index contributed by atoms with van der Waals surface area (Å²) in [5.41, 5.74) is 6.55. The molecule has 18 heavy (non-hydrogen) atoms. The third kappa shape index (κ3) is 2.65. The van der Waals surface area contributed by atoms with Crippen molar-refractivity contribution in [2.24, 2.45) is 5.73 Å². The normalized spacial score (nSPS) is 10.9. The number of hydrogen-bond donors (Lipinski definition) is 2. The number of thiocarbonyl (C=S) groups is 1. The molecule has 88 valence electrons. The lowest BCUT2D eigenvalue weighted by atomic mass is 10.1. The van der Waals surface area contributed by atoms with Gasteiger partial charge in [0.05, 0.1) is 0 Å². The minimum Gasteiger partial charge on any atom is -0.389 e. The molecule has 0 unspecified atom stereocenters. The van der Waals surface area contributed by atoms with Gasteiger partial charge < -0.3 is 11.1 Å². The van der Waals surface area contributed by atoms with Gasteiger partial charge in [-0.3, -0.25) is 0 Å². The third-order valence-corrected chi connectivity index (χ3v) is 2.74. The van der Waals surface area contributed by atoms with Crippen LogP contribution in [0.25, 0.3) is 10.8 Å². The van der Waals surface area contributed by atoms with Gasteiger partial charge in [-0.25, -0.2) is 0 Å². The highest BCUT2D eigenvalue weighted by Crippen LogP contribution is 2.18. The summed E-state index contributed by atoms with van der Waals surface area (Å²) in [7, 11) is 0. The molecule has 0 aliphatic heterocycles. The number of nitrogens with two attached hydrogens (primary N) is 1. The maximum atomic E-state index is 8.82. The van der Waals surface area contributed by atoms with Gasteiger partial charge in [-0.2, -0.15) is 5.26 Å². The second-order valence-corrected chi connectivity index (χ2v) is 4.18. The number of anilines is 1. The van der Waals surface area contributed by atoms with Crippen LogP contribution in [-0.4, -0.2) is 4.99 Å². The van der Waals surface area contributed by atoms with E-state index in [2.05, 4.69) is 5.32 Å². The first-order chi connectivity index (χ1) is 8.70. The van der Waals surface area contributed by atoms with Crippen LogP contribution in [0.15, 0.2) is 54.2 Å². The van der Waals surface area contributed by atoms with Crippen LogP contribution in [0.3, 0.4) is 0 Å². The van der Waals surface area contributed by atoms with Gasteiger partial charge >= 0.3 is 0 Å². The number of hydrogen-bond acceptors (Lipinski definition) is 3. The van der Waals surface area contributed by atoms with E-state index in [1.807, 2.05) is 48.5 Å². The Morgan fingerprint density at radius 2 is 1.94 bits per heavy atom. The van der Waals surface area contributed by atoms with E-state index >= 15 is 0 Å². The van der Waals surface area contributed by atoms with E-state index < -0.39 is 0 Å². The van der Waals surface area contributed by atoms with Gasteiger partial charge in [-0.1, -0.05) is 42.5 Å². The molecule has 0 aliphatic rings. The maximum Gasteiger partial charge on any atom is 0.116 e. The Hall–Kier alpha value is -2.38. The third-order valence-electron chi connectivity index (χ3n) is 2.52. The van der Waals surface area contributed by atoms with E-state index in [4.69, 9.17) is 23.2 Å². The smallest absolute Gasteiger partial charge is 0.116 e. The monoisotopic (exact) mass is 253 g/mol. The van der Waals surface area contributed by atoms with Crippen LogP contribution in [0.5, 0.6) is 0 Å². The highest BCUT2D eigenvalue weighted by atomic mass is 32.1. The van der Waals surface area contributed by atoms with E-state index in [1.54, 1.807) is 0 Å². The van der Waals surface area contributed by atoms with Crippen LogP contribution >= 0.6 is 12.2 Å². The minimum atomic E-state index is 0.0887. The zero-order valence-corrected chi connectivity index (χ0v) is 10.4. The average Bonchev–Trinajstić information content (AvgIpc) is 2.39. The molecule has 0 spiro atoms. The number of fused-ring (bicyclic) bond motifs is 1. The second kappa shape index (κ2) is 5.30. The zero-order chi connectivity index (χ0) is 13.0. The fourth-order valence-corrected chi connectivity index (χ4v) is 1.70. The van der Waals surface area contributed by atoms with Crippen molar-refractivity contribution in [1.29, 1.82) is 5.26 Å². The van der Waals surface area contributed by atoms with Gasteiger partial charge in [-0.15, -0.1) is 0 Å². The molecule has 2 aromatic rings. The van der Waals surface area contributed by atoms with Crippen LogP contribution in [0.2, 0.25) is 0 Å². The van der Waals surface area contributed by atoms with Gasteiger partial charge in [0.25, 0.3) is 0 Å². The van der Waals surface area contributed by atoms with Crippen LogP contribution in [-0.2, 0) is 0 Å². The summed E-state index contributed by atoms with van der Waals surface area (Å²) in [5.74, 6) is 0. The fraction of sp³-hybridized carbons (Fsp3) is 0. The fourth-order valence-electron chi connectivity index (χ4n) is 1.59. The van der Waals surface area contributed by atoms with Crippen molar-refractivity contribution < 1.29 is 0 Å². The molecular weight excluding hydrogens is 242 g/mol. The standard InChI is InChI=1S/C14H11N3S/c15-8-12(14(16)18)9-17-13-6-5-10-3-1-2-4-11(10)7-13/h1-7,9,17H,(H2,16,18). The number of nitrogens with zero attached hydrogens (tertiary/aromatic N) is 1. The molecule has 0 radical (unpaired) electrons. The second-order valence-electron chi connectivity index (χ2n) is 3.74. The van der Waals surface area contributed by atoms with Crippen molar-refractivity contribution in [3.63, 3.8) is 0 Å².